The maximum atomic E-state index is 12.3. The number of alkyl halides is 3. The molecule has 0 N–H and O–H groups in total. The molecule has 0 fully saturated rings. The Morgan fingerprint density at radius 1 is 1.12 bits per heavy atom. The number of nitrogens with zero attached hydrogens (tertiary/aromatic N) is 1. The lowest BCUT2D eigenvalue weighted by Crippen LogP contribution is -2.04. The lowest BCUT2D eigenvalue weighted by Gasteiger charge is -2.00. The van der Waals surface area contributed by atoms with Crippen molar-refractivity contribution in [3.63, 3.8) is 0 Å². The fraction of sp³-hybridized carbons (Fsp3) is 0.0909. The van der Waals surface area contributed by atoms with Crippen molar-refractivity contribution in [1.82, 2.24) is 4.98 Å². The van der Waals surface area contributed by atoms with Gasteiger partial charge in [-0.15, -0.1) is 11.3 Å². The highest BCUT2D eigenvalue weighted by atomic mass is 32.1. The van der Waals surface area contributed by atoms with Crippen LogP contribution in [0.4, 0.5) is 13.2 Å². The van der Waals surface area contributed by atoms with Gasteiger partial charge >= 0.3 is 6.18 Å². The zero-order valence-corrected chi connectivity index (χ0v) is 8.90. The van der Waals surface area contributed by atoms with Crippen LogP contribution in [-0.4, -0.2) is 4.98 Å². The Bertz CT molecular complexity index is 485. The average Bonchev–Trinajstić information content (AvgIpc) is 2.67. The minimum atomic E-state index is -4.37. The molecule has 0 spiro atoms. The maximum Gasteiger partial charge on any atom is 0.434 e. The standard InChI is InChI=1S/C11H7F3NS/c1-7-2-4-8(5-3-7)10-15-9(6-16-10)11(12,13)14/h2-6H,1H2. The summed E-state index contributed by atoms with van der Waals surface area (Å²) in [5, 5.41) is 1.39. The summed E-state index contributed by atoms with van der Waals surface area (Å²) in [4.78, 5) is 3.55. The molecule has 0 aliphatic rings. The second-order valence-electron chi connectivity index (χ2n) is 3.23. The van der Waals surface area contributed by atoms with Crippen molar-refractivity contribution >= 4 is 11.3 Å². The first-order valence-electron chi connectivity index (χ1n) is 4.42. The van der Waals surface area contributed by atoms with Gasteiger partial charge < -0.3 is 0 Å². The number of rotatable bonds is 1. The molecule has 0 aliphatic heterocycles. The lowest BCUT2D eigenvalue weighted by atomic mass is 10.2. The monoisotopic (exact) mass is 242 g/mol. The number of hydrogen-bond acceptors (Lipinski definition) is 2. The topological polar surface area (TPSA) is 12.9 Å². The Morgan fingerprint density at radius 3 is 2.25 bits per heavy atom. The van der Waals surface area contributed by atoms with Gasteiger partial charge in [-0.3, -0.25) is 0 Å². The molecule has 2 aromatic rings. The highest BCUT2D eigenvalue weighted by molar-refractivity contribution is 7.13. The van der Waals surface area contributed by atoms with Crippen LogP contribution < -0.4 is 0 Å². The fourth-order valence-electron chi connectivity index (χ4n) is 1.18. The van der Waals surface area contributed by atoms with Crippen LogP contribution in [0.5, 0.6) is 0 Å². The van der Waals surface area contributed by atoms with Gasteiger partial charge in [0.25, 0.3) is 0 Å². The Morgan fingerprint density at radius 2 is 1.75 bits per heavy atom. The van der Waals surface area contributed by atoms with Gasteiger partial charge in [0, 0.05) is 10.9 Å². The van der Waals surface area contributed by atoms with Crippen LogP contribution in [-0.2, 0) is 6.18 Å². The highest BCUT2D eigenvalue weighted by Crippen LogP contribution is 2.33. The number of thiazole rings is 1. The van der Waals surface area contributed by atoms with E-state index in [0.717, 1.165) is 22.3 Å². The third kappa shape index (κ3) is 2.24. The van der Waals surface area contributed by atoms with E-state index in [1.54, 1.807) is 24.3 Å². The van der Waals surface area contributed by atoms with Gasteiger partial charge in [-0.25, -0.2) is 4.98 Å². The Balaban J connectivity index is 2.35. The van der Waals surface area contributed by atoms with E-state index >= 15 is 0 Å². The molecule has 1 aromatic heterocycles. The molecule has 0 unspecified atom stereocenters. The molecule has 0 bridgehead atoms. The first-order valence-corrected chi connectivity index (χ1v) is 5.30. The van der Waals surface area contributed by atoms with Crippen LogP contribution in [0.25, 0.3) is 10.6 Å². The number of aromatic nitrogens is 1. The van der Waals surface area contributed by atoms with Crippen molar-refractivity contribution < 1.29 is 13.2 Å². The molecule has 0 saturated heterocycles. The summed E-state index contributed by atoms with van der Waals surface area (Å²) < 4.78 is 36.9. The predicted octanol–water partition coefficient (Wildman–Crippen LogP) is 4.01. The summed E-state index contributed by atoms with van der Waals surface area (Å²) >= 11 is 0.984. The molecule has 0 saturated carbocycles. The van der Waals surface area contributed by atoms with E-state index in [4.69, 9.17) is 0 Å². The largest absolute Gasteiger partial charge is 0.434 e. The van der Waals surface area contributed by atoms with Crippen molar-refractivity contribution in [2.24, 2.45) is 0 Å². The van der Waals surface area contributed by atoms with E-state index < -0.39 is 11.9 Å². The zero-order valence-electron chi connectivity index (χ0n) is 8.08. The molecule has 2 rings (SSSR count). The van der Waals surface area contributed by atoms with Gasteiger partial charge in [0.05, 0.1) is 0 Å². The van der Waals surface area contributed by atoms with Crippen molar-refractivity contribution in [1.29, 1.82) is 0 Å². The first-order chi connectivity index (χ1) is 7.47. The number of benzene rings is 1. The molecule has 5 heteroatoms. The van der Waals surface area contributed by atoms with E-state index in [1.165, 1.54) is 0 Å². The van der Waals surface area contributed by atoms with E-state index in [1.807, 2.05) is 0 Å². The summed E-state index contributed by atoms with van der Waals surface area (Å²) in [5.41, 5.74) is 0.649. The SMILES string of the molecule is [CH2]c1ccc(-c2nc(C(F)(F)F)cs2)cc1. The van der Waals surface area contributed by atoms with Crippen LogP contribution in [0.15, 0.2) is 29.6 Å². The second-order valence-corrected chi connectivity index (χ2v) is 4.09. The van der Waals surface area contributed by atoms with E-state index in [2.05, 4.69) is 11.9 Å². The van der Waals surface area contributed by atoms with E-state index in [9.17, 15) is 13.2 Å². The minimum absolute atomic E-state index is 0.368. The zero-order chi connectivity index (χ0) is 11.8. The number of halogens is 3. The van der Waals surface area contributed by atoms with Crippen LogP contribution in [0.3, 0.4) is 0 Å². The molecule has 83 valence electrons. The third-order valence-electron chi connectivity index (χ3n) is 2.00. The molecule has 1 nitrogen and oxygen atoms in total. The fourth-order valence-corrected chi connectivity index (χ4v) is 2.02. The van der Waals surface area contributed by atoms with Crippen molar-refractivity contribution in [3.8, 4) is 10.6 Å². The summed E-state index contributed by atoms with van der Waals surface area (Å²) in [5.74, 6) is 0. The molecule has 16 heavy (non-hydrogen) atoms. The molecule has 0 atom stereocenters. The highest BCUT2D eigenvalue weighted by Gasteiger charge is 2.33. The molecule has 1 radical (unpaired) electrons. The molecule has 1 heterocycles. The van der Waals surface area contributed by atoms with E-state index in [-0.39, 0.29) is 0 Å². The molecule has 1 aromatic carbocycles. The van der Waals surface area contributed by atoms with Gasteiger partial charge in [-0.2, -0.15) is 13.2 Å². The molecular formula is C11H7F3NS. The van der Waals surface area contributed by atoms with Gasteiger partial charge in [0.1, 0.15) is 5.01 Å². The summed E-state index contributed by atoms with van der Waals surface area (Å²) in [6, 6.07) is 6.90. The quantitative estimate of drug-likeness (QED) is 0.736. The van der Waals surface area contributed by atoms with Crippen LogP contribution in [0.2, 0.25) is 0 Å². The summed E-state index contributed by atoms with van der Waals surface area (Å²) in [6.07, 6.45) is -4.37. The van der Waals surface area contributed by atoms with E-state index in [0.29, 0.717) is 10.6 Å². The predicted molar refractivity (Wildman–Crippen MR) is 57.0 cm³/mol. The molecule has 0 aliphatic carbocycles. The van der Waals surface area contributed by atoms with Crippen LogP contribution in [0.1, 0.15) is 11.3 Å². The first kappa shape index (κ1) is 11.1. The van der Waals surface area contributed by atoms with Crippen molar-refractivity contribution in [2.45, 2.75) is 6.18 Å². The lowest BCUT2D eigenvalue weighted by molar-refractivity contribution is -0.140. The Kier molecular flexibility index (Phi) is 2.71. The smallest absolute Gasteiger partial charge is 0.232 e. The van der Waals surface area contributed by atoms with Gasteiger partial charge in [0.2, 0.25) is 0 Å². The van der Waals surface area contributed by atoms with Crippen LogP contribution >= 0.6 is 11.3 Å². The Hall–Kier alpha value is -1.36. The minimum Gasteiger partial charge on any atom is -0.232 e. The normalized spacial score (nSPS) is 11.8. The Labute approximate surface area is 94.6 Å². The average molecular weight is 242 g/mol. The maximum absolute atomic E-state index is 12.3. The van der Waals surface area contributed by atoms with Crippen LogP contribution in [0, 0.1) is 6.92 Å². The third-order valence-corrected chi connectivity index (χ3v) is 2.89. The summed E-state index contributed by atoms with van der Waals surface area (Å²) in [6.45, 7) is 3.70. The van der Waals surface area contributed by atoms with Gasteiger partial charge in [0.15, 0.2) is 5.69 Å². The molecular weight excluding hydrogens is 235 g/mol. The summed E-state index contributed by atoms with van der Waals surface area (Å²) in [7, 11) is 0. The van der Waals surface area contributed by atoms with Gasteiger partial charge in [-0.1, -0.05) is 24.3 Å². The number of hydrogen-bond donors (Lipinski definition) is 0. The van der Waals surface area contributed by atoms with Gasteiger partial charge in [-0.05, 0) is 12.5 Å². The second kappa shape index (κ2) is 3.90. The van der Waals surface area contributed by atoms with Crippen molar-refractivity contribution in [3.05, 3.63) is 47.8 Å². The molecule has 0 amide bonds. The van der Waals surface area contributed by atoms with Crippen molar-refractivity contribution in [2.75, 3.05) is 0 Å².